The third-order valence-electron chi connectivity index (χ3n) is 5.09. The van der Waals surface area contributed by atoms with E-state index in [1.54, 1.807) is 60.7 Å². The molecule has 0 unspecified atom stereocenters. The molecule has 1 fully saturated rings. The number of carbonyl (C=O) groups is 3. The molecule has 10 heteroatoms. The summed E-state index contributed by atoms with van der Waals surface area (Å²) in [7, 11) is 0. The lowest BCUT2D eigenvalue weighted by molar-refractivity contribution is -0.123. The maximum Gasteiger partial charge on any atom is 0.343 e. The number of imide groups is 1. The maximum absolute atomic E-state index is 13.0. The Hall–Kier alpha value is -2.53. The van der Waals surface area contributed by atoms with E-state index in [-0.39, 0.29) is 17.2 Å². The van der Waals surface area contributed by atoms with Crippen LogP contribution >= 0.6 is 57.6 Å². The summed E-state index contributed by atoms with van der Waals surface area (Å²) in [5.74, 6) is -0.331. The van der Waals surface area contributed by atoms with Crippen LogP contribution in [0.25, 0.3) is 6.08 Å². The maximum atomic E-state index is 13.0. The minimum absolute atomic E-state index is 0.0311. The van der Waals surface area contributed by atoms with Crippen molar-refractivity contribution in [2.24, 2.45) is 0 Å². The zero-order chi connectivity index (χ0) is 25.8. The third-order valence-corrected chi connectivity index (χ3v) is 7.50. The average Bonchev–Trinajstić information content (AvgIpc) is 3.11. The van der Waals surface area contributed by atoms with Gasteiger partial charge in [-0.2, -0.15) is 0 Å². The van der Waals surface area contributed by atoms with Crippen molar-refractivity contribution in [1.29, 1.82) is 0 Å². The fourth-order valence-electron chi connectivity index (χ4n) is 3.39. The Morgan fingerprint density at radius 2 is 1.75 bits per heavy atom. The second-order valence-electron chi connectivity index (χ2n) is 7.49. The van der Waals surface area contributed by atoms with Gasteiger partial charge in [-0.25, -0.2) is 4.79 Å². The predicted octanol–water partition coefficient (Wildman–Crippen LogP) is 7.45. The van der Waals surface area contributed by atoms with Gasteiger partial charge >= 0.3 is 5.97 Å². The van der Waals surface area contributed by atoms with E-state index < -0.39 is 17.1 Å². The molecule has 36 heavy (non-hydrogen) atoms. The first kappa shape index (κ1) is 26.5. The number of thioether (sulfide) groups is 1. The predicted molar refractivity (Wildman–Crippen MR) is 150 cm³/mol. The Labute approximate surface area is 235 Å². The van der Waals surface area contributed by atoms with Crippen LogP contribution < -0.4 is 9.47 Å². The summed E-state index contributed by atoms with van der Waals surface area (Å²) in [5.41, 5.74) is 1.53. The van der Waals surface area contributed by atoms with E-state index in [9.17, 15) is 14.4 Å². The second kappa shape index (κ2) is 11.7. The SMILES string of the molecule is CCOc1cc(/C=C2\SC(=O)N(Cc3c(Cl)cccc3Cl)C2=O)cc(I)c1OC(=O)c1ccccc1. The van der Waals surface area contributed by atoms with Crippen LogP contribution in [0.2, 0.25) is 10.0 Å². The highest BCUT2D eigenvalue weighted by molar-refractivity contribution is 14.1. The molecule has 0 spiro atoms. The summed E-state index contributed by atoms with van der Waals surface area (Å²) in [6.45, 7) is 2.12. The molecule has 3 aromatic carbocycles. The average molecular weight is 654 g/mol. The van der Waals surface area contributed by atoms with Crippen LogP contribution in [0.15, 0.2) is 65.6 Å². The summed E-state index contributed by atoms with van der Waals surface area (Å²) in [6, 6.07) is 17.1. The fourth-order valence-corrected chi connectivity index (χ4v) is 5.48. The molecular formula is C26H18Cl2INO5S. The molecule has 0 aliphatic carbocycles. The Morgan fingerprint density at radius 3 is 2.42 bits per heavy atom. The van der Waals surface area contributed by atoms with Crippen molar-refractivity contribution in [2.75, 3.05) is 6.61 Å². The Balaban J connectivity index is 1.60. The number of hydrogen-bond acceptors (Lipinski definition) is 6. The molecule has 1 heterocycles. The lowest BCUT2D eigenvalue weighted by Crippen LogP contribution is -2.27. The van der Waals surface area contributed by atoms with E-state index in [4.69, 9.17) is 32.7 Å². The van der Waals surface area contributed by atoms with Crippen LogP contribution in [0.5, 0.6) is 11.5 Å². The van der Waals surface area contributed by atoms with Gasteiger partial charge < -0.3 is 9.47 Å². The molecule has 0 radical (unpaired) electrons. The van der Waals surface area contributed by atoms with E-state index >= 15 is 0 Å². The van der Waals surface area contributed by atoms with Crippen molar-refractivity contribution in [3.05, 3.63) is 95.9 Å². The summed E-state index contributed by atoms with van der Waals surface area (Å²) < 4.78 is 12.0. The lowest BCUT2D eigenvalue weighted by atomic mass is 10.1. The van der Waals surface area contributed by atoms with Gasteiger partial charge in [0.2, 0.25) is 0 Å². The van der Waals surface area contributed by atoms with Crippen molar-refractivity contribution in [3.8, 4) is 11.5 Å². The topological polar surface area (TPSA) is 72.9 Å². The molecule has 0 N–H and O–H groups in total. The first-order valence-electron chi connectivity index (χ1n) is 10.7. The number of hydrogen-bond donors (Lipinski definition) is 0. The van der Waals surface area contributed by atoms with Crippen LogP contribution in [-0.2, 0) is 11.3 Å². The van der Waals surface area contributed by atoms with Crippen molar-refractivity contribution in [2.45, 2.75) is 13.5 Å². The quantitative estimate of drug-likeness (QED) is 0.114. The van der Waals surface area contributed by atoms with Crippen LogP contribution in [-0.4, -0.2) is 28.6 Å². The number of nitrogens with zero attached hydrogens (tertiary/aromatic N) is 1. The molecule has 1 aliphatic rings. The first-order valence-corrected chi connectivity index (χ1v) is 13.4. The molecule has 0 aromatic heterocycles. The van der Waals surface area contributed by atoms with Gasteiger partial charge in [0, 0.05) is 15.6 Å². The minimum Gasteiger partial charge on any atom is -0.490 e. The van der Waals surface area contributed by atoms with E-state index in [0.717, 1.165) is 16.7 Å². The van der Waals surface area contributed by atoms with Gasteiger partial charge in [0.1, 0.15) is 0 Å². The van der Waals surface area contributed by atoms with Gasteiger partial charge in [-0.3, -0.25) is 14.5 Å². The molecule has 0 saturated carbocycles. The van der Waals surface area contributed by atoms with Crippen molar-refractivity contribution < 1.29 is 23.9 Å². The number of halogens is 3. The Kier molecular flexibility index (Phi) is 8.61. The number of amides is 2. The van der Waals surface area contributed by atoms with Crippen LogP contribution in [0.1, 0.15) is 28.4 Å². The first-order chi connectivity index (χ1) is 17.3. The van der Waals surface area contributed by atoms with Gasteiger partial charge in [-0.05, 0) is 89.3 Å². The largest absolute Gasteiger partial charge is 0.490 e. The molecule has 3 aromatic rings. The van der Waals surface area contributed by atoms with E-state index in [1.165, 1.54) is 0 Å². The Morgan fingerprint density at radius 1 is 1.06 bits per heavy atom. The Bertz CT molecular complexity index is 1360. The summed E-state index contributed by atoms with van der Waals surface area (Å²) in [4.78, 5) is 39.6. The molecule has 1 saturated heterocycles. The third kappa shape index (κ3) is 5.88. The smallest absolute Gasteiger partial charge is 0.343 e. The number of ether oxygens (including phenoxy) is 2. The molecule has 1 aliphatic heterocycles. The van der Waals surface area contributed by atoms with E-state index in [2.05, 4.69) is 0 Å². The molecule has 184 valence electrons. The molecule has 0 atom stereocenters. The number of carbonyl (C=O) groups excluding carboxylic acids is 3. The zero-order valence-electron chi connectivity index (χ0n) is 18.8. The van der Waals surface area contributed by atoms with Crippen LogP contribution in [0.3, 0.4) is 0 Å². The molecule has 6 nitrogen and oxygen atoms in total. The van der Waals surface area contributed by atoms with Crippen molar-refractivity contribution in [1.82, 2.24) is 4.90 Å². The number of rotatable bonds is 7. The van der Waals surface area contributed by atoms with Gasteiger partial charge in [-0.1, -0.05) is 47.5 Å². The lowest BCUT2D eigenvalue weighted by Gasteiger charge is -2.15. The highest BCUT2D eigenvalue weighted by Gasteiger charge is 2.36. The molecule has 4 rings (SSSR count). The standard InChI is InChI=1S/C26H18Cl2INO5S/c1-2-34-21-12-15(11-20(29)23(21)35-25(32)16-7-4-3-5-8-16)13-22-24(31)30(26(33)36-22)14-17-18(27)9-6-10-19(17)28/h3-13H,2,14H2,1H3/b22-13-. The second-order valence-corrected chi connectivity index (χ2v) is 10.5. The highest BCUT2D eigenvalue weighted by Crippen LogP contribution is 2.39. The number of benzene rings is 3. The summed E-state index contributed by atoms with van der Waals surface area (Å²) >= 11 is 15.3. The van der Waals surface area contributed by atoms with E-state index in [1.807, 2.05) is 35.6 Å². The number of esters is 1. The summed E-state index contributed by atoms with van der Waals surface area (Å²) in [6.07, 6.45) is 1.60. The van der Waals surface area contributed by atoms with Gasteiger partial charge in [0.15, 0.2) is 11.5 Å². The van der Waals surface area contributed by atoms with Gasteiger partial charge in [0.25, 0.3) is 11.1 Å². The molecular weight excluding hydrogens is 636 g/mol. The minimum atomic E-state index is -0.512. The van der Waals surface area contributed by atoms with E-state index in [0.29, 0.717) is 42.7 Å². The van der Waals surface area contributed by atoms with Crippen LogP contribution in [0, 0.1) is 3.57 Å². The zero-order valence-corrected chi connectivity index (χ0v) is 23.3. The van der Waals surface area contributed by atoms with Gasteiger partial charge in [-0.15, -0.1) is 0 Å². The molecule has 0 bridgehead atoms. The summed E-state index contributed by atoms with van der Waals surface area (Å²) in [5, 5.41) is 0.333. The monoisotopic (exact) mass is 653 g/mol. The normalized spacial score (nSPS) is 14.4. The van der Waals surface area contributed by atoms with Crippen LogP contribution in [0.4, 0.5) is 4.79 Å². The van der Waals surface area contributed by atoms with Gasteiger partial charge in [0.05, 0.1) is 27.2 Å². The van der Waals surface area contributed by atoms with Crippen molar-refractivity contribution >= 4 is 80.7 Å². The fraction of sp³-hybridized carbons (Fsp3) is 0.115. The highest BCUT2D eigenvalue weighted by atomic mass is 127. The van der Waals surface area contributed by atoms with Crippen molar-refractivity contribution in [3.63, 3.8) is 0 Å². The molecule has 2 amide bonds.